The van der Waals surface area contributed by atoms with Crippen LogP contribution in [0.5, 0.6) is 5.75 Å². The number of amides is 1. The largest absolute Gasteiger partial charge is 0.492 e. The number of rotatable bonds is 8. The quantitative estimate of drug-likeness (QED) is 0.626. The highest BCUT2D eigenvalue weighted by molar-refractivity contribution is 5.81. The minimum atomic E-state index is -4.47. The van der Waals surface area contributed by atoms with Crippen molar-refractivity contribution in [1.29, 1.82) is 0 Å². The number of nitrogens with one attached hydrogen (secondary N) is 1. The van der Waals surface area contributed by atoms with Gasteiger partial charge in [-0.15, -0.1) is 0 Å². The maximum Gasteiger partial charge on any atom is 0.416 e. The zero-order valence-electron chi connectivity index (χ0n) is 18.5. The fourth-order valence-electron chi connectivity index (χ4n) is 4.15. The zero-order valence-corrected chi connectivity index (χ0v) is 18.5. The molecule has 1 aliphatic heterocycles. The molecule has 0 unspecified atom stereocenters. The summed E-state index contributed by atoms with van der Waals surface area (Å²) < 4.78 is 45.9. The Bertz CT molecular complexity index is 976. The van der Waals surface area contributed by atoms with Gasteiger partial charge in [-0.2, -0.15) is 13.2 Å². The second-order valence-corrected chi connectivity index (χ2v) is 8.63. The van der Waals surface area contributed by atoms with Crippen molar-refractivity contribution < 1.29 is 22.7 Å². The van der Waals surface area contributed by atoms with E-state index in [0.717, 1.165) is 48.6 Å². The van der Waals surface area contributed by atoms with Crippen LogP contribution in [0.2, 0.25) is 0 Å². The van der Waals surface area contributed by atoms with Gasteiger partial charge in [0.05, 0.1) is 12.1 Å². The van der Waals surface area contributed by atoms with Crippen LogP contribution in [-0.4, -0.2) is 48.5 Å². The molecule has 0 saturated heterocycles. The highest BCUT2D eigenvalue weighted by Crippen LogP contribution is 2.34. The average Bonchev–Trinajstić information content (AvgIpc) is 3.62. The fraction of sp³-hybridized carbons (Fsp3) is 0.440. The Balaban J connectivity index is 1.43. The maximum atomic E-state index is 13.3. The van der Waals surface area contributed by atoms with E-state index in [0.29, 0.717) is 6.61 Å². The lowest BCUT2D eigenvalue weighted by molar-refractivity contribution is -0.139. The highest BCUT2D eigenvalue weighted by atomic mass is 19.4. The van der Waals surface area contributed by atoms with E-state index in [2.05, 4.69) is 17.1 Å². The van der Waals surface area contributed by atoms with Gasteiger partial charge >= 0.3 is 6.18 Å². The van der Waals surface area contributed by atoms with Gasteiger partial charge in [0.15, 0.2) is 0 Å². The molecule has 2 aliphatic rings. The molecule has 1 heterocycles. The minimum absolute atomic E-state index is 0.0389. The van der Waals surface area contributed by atoms with Gasteiger partial charge in [-0.05, 0) is 49.4 Å². The molecule has 1 fully saturated rings. The summed E-state index contributed by atoms with van der Waals surface area (Å²) in [5.74, 6) is 1.25. The Morgan fingerprint density at radius 1 is 1.18 bits per heavy atom. The molecule has 1 amide bonds. The van der Waals surface area contributed by atoms with Crippen LogP contribution in [0, 0.1) is 12.8 Å². The average molecular weight is 461 g/mol. The number of hydrogen-bond donors (Lipinski definition) is 1. The number of ether oxygens (including phenoxy) is 1. The van der Waals surface area contributed by atoms with E-state index in [1.807, 2.05) is 18.2 Å². The summed E-state index contributed by atoms with van der Waals surface area (Å²) in [7, 11) is 0. The number of carbonyl (C=O) groups excluding carboxylic acids is 1. The molecule has 8 heteroatoms. The van der Waals surface area contributed by atoms with Crippen molar-refractivity contribution >= 4 is 11.6 Å². The van der Waals surface area contributed by atoms with Crippen molar-refractivity contribution in [1.82, 2.24) is 9.80 Å². The summed E-state index contributed by atoms with van der Waals surface area (Å²) in [4.78, 5) is 16.6. The van der Waals surface area contributed by atoms with E-state index < -0.39 is 11.7 Å². The Labute approximate surface area is 192 Å². The molecule has 1 aliphatic carbocycles. The SMILES string of the molecule is [CH2]CN(Cc1ccccc1C(F)(F)F)C(=O)CNc1cccc2c1CN(CC1CC1)CCO2. The molecule has 2 aromatic carbocycles. The molecular formula is C25H29F3N3O2. The van der Waals surface area contributed by atoms with Crippen LogP contribution in [0.1, 0.15) is 29.5 Å². The summed E-state index contributed by atoms with van der Waals surface area (Å²) in [6.07, 6.45) is -1.92. The molecule has 1 radical (unpaired) electrons. The maximum absolute atomic E-state index is 13.3. The molecule has 0 aromatic heterocycles. The molecule has 5 nitrogen and oxygen atoms in total. The topological polar surface area (TPSA) is 44.8 Å². The summed E-state index contributed by atoms with van der Waals surface area (Å²) in [5.41, 5.74) is 1.14. The number of alkyl halides is 3. The van der Waals surface area contributed by atoms with Gasteiger partial charge in [0.2, 0.25) is 5.91 Å². The van der Waals surface area contributed by atoms with Gasteiger partial charge < -0.3 is 15.0 Å². The summed E-state index contributed by atoms with van der Waals surface area (Å²) in [5, 5.41) is 3.19. The number of carbonyl (C=O) groups is 1. The fourth-order valence-corrected chi connectivity index (χ4v) is 4.15. The molecule has 1 N–H and O–H groups in total. The Morgan fingerprint density at radius 3 is 2.70 bits per heavy atom. The van der Waals surface area contributed by atoms with Crippen LogP contribution in [0.3, 0.4) is 0 Å². The number of benzene rings is 2. The Morgan fingerprint density at radius 2 is 1.97 bits per heavy atom. The molecule has 33 heavy (non-hydrogen) atoms. The standard InChI is InChI=1S/C25H29F3N3O2/c1-2-31(16-19-6-3-4-7-21(19)25(26,27)28)24(32)14-29-22-8-5-9-23-20(22)17-30(12-13-33-23)15-18-10-11-18/h3-9,18,29H,1-2,10-17H2. The molecule has 4 rings (SSSR count). The van der Waals surface area contributed by atoms with Gasteiger partial charge in [0.1, 0.15) is 12.4 Å². The molecule has 2 aromatic rings. The molecule has 1 saturated carbocycles. The van der Waals surface area contributed by atoms with E-state index in [9.17, 15) is 18.0 Å². The second-order valence-electron chi connectivity index (χ2n) is 8.63. The molecule has 0 bridgehead atoms. The number of anilines is 1. The van der Waals surface area contributed by atoms with Crippen LogP contribution in [0.15, 0.2) is 42.5 Å². The van der Waals surface area contributed by atoms with Crippen LogP contribution < -0.4 is 10.1 Å². The number of halogens is 3. The lowest BCUT2D eigenvalue weighted by Crippen LogP contribution is -2.35. The summed E-state index contributed by atoms with van der Waals surface area (Å²) >= 11 is 0. The van der Waals surface area contributed by atoms with E-state index in [-0.39, 0.29) is 31.1 Å². The van der Waals surface area contributed by atoms with Crippen LogP contribution in [-0.2, 0) is 24.1 Å². The Hall–Kier alpha value is -2.74. The van der Waals surface area contributed by atoms with E-state index >= 15 is 0 Å². The second kappa shape index (κ2) is 10.0. The predicted molar refractivity (Wildman–Crippen MR) is 121 cm³/mol. The Kier molecular flexibility index (Phi) is 7.12. The van der Waals surface area contributed by atoms with Gasteiger partial charge in [0.25, 0.3) is 0 Å². The van der Waals surface area contributed by atoms with Crippen molar-refractivity contribution in [3.8, 4) is 5.75 Å². The van der Waals surface area contributed by atoms with Gasteiger partial charge in [0, 0.05) is 44.0 Å². The van der Waals surface area contributed by atoms with Gasteiger partial charge in [-0.3, -0.25) is 9.69 Å². The first-order valence-corrected chi connectivity index (χ1v) is 11.3. The number of fused-ring (bicyclic) bond motifs is 1. The number of hydrogen-bond acceptors (Lipinski definition) is 4. The molecule has 0 atom stereocenters. The van der Waals surface area contributed by atoms with Crippen molar-refractivity contribution in [3.63, 3.8) is 0 Å². The third-order valence-electron chi connectivity index (χ3n) is 6.13. The molecular weight excluding hydrogens is 431 g/mol. The van der Waals surface area contributed by atoms with Crippen molar-refractivity contribution in [2.24, 2.45) is 5.92 Å². The lowest BCUT2D eigenvalue weighted by Gasteiger charge is -2.24. The molecule has 177 valence electrons. The lowest BCUT2D eigenvalue weighted by atomic mass is 10.1. The normalized spacial score (nSPS) is 16.5. The first kappa shape index (κ1) is 23.4. The van der Waals surface area contributed by atoms with Crippen LogP contribution >= 0.6 is 0 Å². The number of nitrogens with zero attached hydrogens (tertiary/aromatic N) is 2. The summed E-state index contributed by atoms with van der Waals surface area (Å²) in [6, 6.07) is 11.0. The van der Waals surface area contributed by atoms with E-state index in [1.54, 1.807) is 6.07 Å². The monoisotopic (exact) mass is 460 g/mol. The van der Waals surface area contributed by atoms with Gasteiger partial charge in [-0.25, -0.2) is 0 Å². The minimum Gasteiger partial charge on any atom is -0.492 e. The van der Waals surface area contributed by atoms with E-state index in [4.69, 9.17) is 4.74 Å². The third kappa shape index (κ3) is 5.99. The highest BCUT2D eigenvalue weighted by Gasteiger charge is 2.33. The zero-order chi connectivity index (χ0) is 23.4. The van der Waals surface area contributed by atoms with Crippen molar-refractivity contribution in [3.05, 3.63) is 66.1 Å². The first-order chi connectivity index (χ1) is 15.8. The van der Waals surface area contributed by atoms with Crippen LogP contribution in [0.25, 0.3) is 0 Å². The first-order valence-electron chi connectivity index (χ1n) is 11.3. The van der Waals surface area contributed by atoms with Crippen LogP contribution in [0.4, 0.5) is 18.9 Å². The third-order valence-corrected chi connectivity index (χ3v) is 6.13. The predicted octanol–water partition coefficient (Wildman–Crippen LogP) is 4.58. The summed E-state index contributed by atoms with van der Waals surface area (Å²) in [6.45, 7) is 6.89. The van der Waals surface area contributed by atoms with Gasteiger partial charge in [-0.1, -0.05) is 24.3 Å². The van der Waals surface area contributed by atoms with E-state index in [1.165, 1.54) is 29.9 Å². The molecule has 0 spiro atoms. The van der Waals surface area contributed by atoms with Crippen molar-refractivity contribution in [2.75, 3.05) is 38.1 Å². The smallest absolute Gasteiger partial charge is 0.416 e. The van der Waals surface area contributed by atoms with Crippen molar-refractivity contribution in [2.45, 2.75) is 32.1 Å².